The van der Waals surface area contributed by atoms with E-state index in [4.69, 9.17) is 25.8 Å². The van der Waals surface area contributed by atoms with Gasteiger partial charge in [-0.15, -0.1) is 0 Å². The van der Waals surface area contributed by atoms with Crippen molar-refractivity contribution in [2.45, 2.75) is 79.9 Å². The van der Waals surface area contributed by atoms with Crippen LogP contribution in [0.25, 0.3) is 0 Å². The van der Waals surface area contributed by atoms with Gasteiger partial charge in [0.2, 0.25) is 11.6 Å². The molecule has 31 heavy (non-hydrogen) atoms. The van der Waals surface area contributed by atoms with Gasteiger partial charge in [0.05, 0.1) is 5.56 Å². The summed E-state index contributed by atoms with van der Waals surface area (Å²) in [5.74, 6) is 6.29. The average Bonchev–Trinajstić information content (AvgIpc) is 2.58. The summed E-state index contributed by atoms with van der Waals surface area (Å²) in [6.07, 6.45) is 0.442. The maximum absolute atomic E-state index is 12.4. The van der Waals surface area contributed by atoms with Crippen LogP contribution in [-0.2, 0) is 14.2 Å². The Morgan fingerprint density at radius 3 is 2.29 bits per heavy atom. The Morgan fingerprint density at radius 1 is 1.16 bits per heavy atom. The third kappa shape index (κ3) is 11.8. The summed E-state index contributed by atoms with van der Waals surface area (Å²) in [7, 11) is 0. The molecule has 0 aliphatic carbocycles. The first-order valence-corrected chi connectivity index (χ1v) is 10.7. The fourth-order valence-electron chi connectivity index (χ4n) is 2.50. The van der Waals surface area contributed by atoms with Crippen LogP contribution in [-0.4, -0.2) is 47.3 Å². The van der Waals surface area contributed by atoms with Crippen LogP contribution in [0.4, 0.5) is 10.6 Å². The van der Waals surface area contributed by atoms with Crippen molar-refractivity contribution in [3.63, 3.8) is 0 Å². The monoisotopic (exact) mass is 454 g/mol. The van der Waals surface area contributed by atoms with E-state index in [-0.39, 0.29) is 10.7 Å². The number of carbonyl (C=O) groups excluding carboxylic acids is 1. The second-order valence-electron chi connectivity index (χ2n) is 9.02. The standard InChI is InChI=1S/C22H35ClN4O4/c1-9-29-17(30-10-2)12-11-15-14-24-19(23)27-18(15)25-16(13-21(3,4)5)26-20(28)31-22(6,7)8/h14,16-17H,9-10,13H2,1-8H3,(H,26,28)(H,24,25,27)/t16-/m0/s1. The largest absolute Gasteiger partial charge is 0.444 e. The van der Waals surface area contributed by atoms with Gasteiger partial charge < -0.3 is 24.8 Å². The first kappa shape index (κ1) is 27.0. The molecule has 174 valence electrons. The Morgan fingerprint density at radius 2 is 1.77 bits per heavy atom. The molecule has 0 fully saturated rings. The van der Waals surface area contributed by atoms with Crippen molar-refractivity contribution in [1.82, 2.24) is 15.3 Å². The van der Waals surface area contributed by atoms with Crippen molar-refractivity contribution in [3.8, 4) is 11.8 Å². The fraction of sp³-hybridized carbons (Fsp3) is 0.682. The number of anilines is 1. The van der Waals surface area contributed by atoms with Crippen molar-refractivity contribution in [2.75, 3.05) is 18.5 Å². The van der Waals surface area contributed by atoms with Crippen LogP contribution in [0.5, 0.6) is 0 Å². The van der Waals surface area contributed by atoms with E-state index in [0.29, 0.717) is 31.0 Å². The normalized spacial score (nSPS) is 12.7. The molecule has 0 unspecified atom stereocenters. The average molecular weight is 455 g/mol. The van der Waals surface area contributed by atoms with Gasteiger partial charge in [-0.3, -0.25) is 0 Å². The number of aromatic nitrogens is 2. The minimum Gasteiger partial charge on any atom is -0.444 e. The summed E-state index contributed by atoms with van der Waals surface area (Å²) >= 11 is 6.02. The highest BCUT2D eigenvalue weighted by molar-refractivity contribution is 6.28. The molecular weight excluding hydrogens is 420 g/mol. The van der Waals surface area contributed by atoms with E-state index in [1.54, 1.807) is 0 Å². The Balaban J connectivity index is 3.15. The molecule has 0 spiro atoms. The van der Waals surface area contributed by atoms with Crippen molar-refractivity contribution < 1.29 is 19.0 Å². The van der Waals surface area contributed by atoms with Gasteiger partial charge in [0, 0.05) is 19.4 Å². The van der Waals surface area contributed by atoms with Crippen LogP contribution in [0.15, 0.2) is 6.20 Å². The summed E-state index contributed by atoms with van der Waals surface area (Å²) in [6, 6.07) is 0. The smallest absolute Gasteiger partial charge is 0.409 e. The van der Waals surface area contributed by atoms with Crippen LogP contribution in [0.2, 0.25) is 5.28 Å². The van der Waals surface area contributed by atoms with Crippen molar-refractivity contribution in [1.29, 1.82) is 0 Å². The van der Waals surface area contributed by atoms with Crippen molar-refractivity contribution >= 4 is 23.5 Å². The number of hydrogen-bond acceptors (Lipinski definition) is 7. The molecule has 0 aliphatic rings. The van der Waals surface area contributed by atoms with E-state index in [1.807, 2.05) is 34.6 Å². The molecule has 0 aliphatic heterocycles. The molecule has 1 amide bonds. The quantitative estimate of drug-likeness (QED) is 0.337. The van der Waals surface area contributed by atoms with Gasteiger partial charge in [-0.25, -0.2) is 9.78 Å². The number of halogens is 1. The van der Waals surface area contributed by atoms with Gasteiger partial charge in [0.15, 0.2) is 0 Å². The van der Waals surface area contributed by atoms with Gasteiger partial charge in [0.25, 0.3) is 0 Å². The van der Waals surface area contributed by atoms with Gasteiger partial charge in [-0.1, -0.05) is 26.7 Å². The van der Waals surface area contributed by atoms with E-state index in [2.05, 4.69) is 53.2 Å². The SMILES string of the molecule is CCOC(C#Cc1cnc(Cl)nc1N[C@H](CC(C)(C)C)NC(=O)OC(C)(C)C)OCC. The van der Waals surface area contributed by atoms with Crippen LogP contribution >= 0.6 is 11.6 Å². The highest BCUT2D eigenvalue weighted by Gasteiger charge is 2.24. The number of nitrogens with one attached hydrogen (secondary N) is 2. The number of carbonyl (C=O) groups is 1. The molecule has 0 bridgehead atoms. The van der Waals surface area contributed by atoms with Crippen LogP contribution in [0, 0.1) is 17.3 Å². The lowest BCUT2D eigenvalue weighted by atomic mass is 9.90. The second kappa shape index (κ2) is 12.1. The minimum atomic E-state index is -0.663. The topological polar surface area (TPSA) is 94.6 Å². The van der Waals surface area contributed by atoms with Gasteiger partial charge in [-0.05, 0) is 64.0 Å². The highest BCUT2D eigenvalue weighted by atomic mass is 35.5. The Bertz CT molecular complexity index is 772. The molecule has 1 rings (SSSR count). The predicted molar refractivity (Wildman–Crippen MR) is 122 cm³/mol. The molecule has 2 N–H and O–H groups in total. The van der Waals surface area contributed by atoms with Gasteiger partial charge in [-0.2, -0.15) is 4.98 Å². The fourth-order valence-corrected chi connectivity index (χ4v) is 2.63. The summed E-state index contributed by atoms with van der Waals surface area (Å²) in [6.45, 7) is 16.3. The molecule has 9 heteroatoms. The zero-order valence-corrected chi connectivity index (χ0v) is 20.5. The number of amides is 1. The molecule has 0 aromatic carbocycles. The summed E-state index contributed by atoms with van der Waals surface area (Å²) in [5.41, 5.74) is -0.206. The van der Waals surface area contributed by atoms with E-state index in [1.165, 1.54) is 6.20 Å². The number of ether oxygens (including phenoxy) is 3. The van der Waals surface area contributed by atoms with E-state index >= 15 is 0 Å². The lowest BCUT2D eigenvalue weighted by Crippen LogP contribution is -2.45. The van der Waals surface area contributed by atoms with Crippen molar-refractivity contribution in [3.05, 3.63) is 17.0 Å². The number of rotatable bonds is 8. The summed E-state index contributed by atoms with van der Waals surface area (Å²) in [4.78, 5) is 20.6. The van der Waals surface area contributed by atoms with E-state index in [9.17, 15) is 4.79 Å². The Labute approximate surface area is 190 Å². The lowest BCUT2D eigenvalue weighted by Gasteiger charge is -2.29. The van der Waals surface area contributed by atoms with Crippen LogP contribution in [0.3, 0.4) is 0 Å². The summed E-state index contributed by atoms with van der Waals surface area (Å²) < 4.78 is 16.3. The van der Waals surface area contributed by atoms with Crippen LogP contribution in [0.1, 0.15) is 67.4 Å². The molecule has 1 aromatic heterocycles. The second-order valence-corrected chi connectivity index (χ2v) is 9.36. The zero-order valence-electron chi connectivity index (χ0n) is 19.8. The number of hydrogen-bond donors (Lipinski definition) is 2. The molecule has 0 radical (unpaired) electrons. The van der Waals surface area contributed by atoms with E-state index < -0.39 is 24.2 Å². The molecule has 1 aromatic rings. The lowest BCUT2D eigenvalue weighted by molar-refractivity contribution is -0.0969. The van der Waals surface area contributed by atoms with Gasteiger partial charge in [0.1, 0.15) is 17.6 Å². The number of alkyl carbamates (subject to hydrolysis) is 1. The van der Waals surface area contributed by atoms with Crippen LogP contribution < -0.4 is 10.6 Å². The maximum atomic E-state index is 12.4. The first-order chi connectivity index (χ1) is 14.3. The minimum absolute atomic E-state index is 0.0611. The molecule has 0 saturated carbocycles. The predicted octanol–water partition coefficient (Wildman–Crippen LogP) is 4.58. The van der Waals surface area contributed by atoms with Crippen molar-refractivity contribution in [2.24, 2.45) is 5.41 Å². The highest BCUT2D eigenvalue weighted by Crippen LogP contribution is 2.23. The molecule has 1 atom stereocenters. The third-order valence-electron chi connectivity index (χ3n) is 3.54. The first-order valence-electron chi connectivity index (χ1n) is 10.4. The molecule has 8 nitrogen and oxygen atoms in total. The molecule has 1 heterocycles. The molecular formula is C22H35ClN4O4. The van der Waals surface area contributed by atoms with E-state index in [0.717, 1.165) is 0 Å². The Hall–Kier alpha value is -2.08. The molecule has 0 saturated heterocycles. The zero-order chi connectivity index (χ0) is 23.7. The van der Waals surface area contributed by atoms with Gasteiger partial charge >= 0.3 is 6.09 Å². The Kier molecular flexibility index (Phi) is 10.5. The third-order valence-corrected chi connectivity index (χ3v) is 3.72. The number of nitrogens with zero attached hydrogens (tertiary/aromatic N) is 2. The maximum Gasteiger partial charge on any atom is 0.409 e. The summed E-state index contributed by atoms with van der Waals surface area (Å²) in [5, 5.41) is 6.14.